The highest BCUT2D eigenvalue weighted by Crippen LogP contribution is 2.51. The molecule has 1 aromatic carbocycles. The first kappa shape index (κ1) is 24.1. The van der Waals surface area contributed by atoms with Crippen molar-refractivity contribution < 1.29 is 23.5 Å². The summed E-state index contributed by atoms with van der Waals surface area (Å²) in [7, 11) is 3.20. The van der Waals surface area contributed by atoms with E-state index in [0.717, 1.165) is 21.8 Å². The van der Waals surface area contributed by atoms with Crippen LogP contribution in [-0.2, 0) is 11.2 Å². The number of anilines is 1. The zero-order valence-electron chi connectivity index (χ0n) is 20.5. The second-order valence-corrected chi connectivity index (χ2v) is 10.0. The van der Waals surface area contributed by atoms with Crippen LogP contribution in [0.4, 0.5) is 9.80 Å². The van der Waals surface area contributed by atoms with Gasteiger partial charge in [0.1, 0.15) is 22.4 Å². The molecule has 1 saturated heterocycles. The molecule has 1 N–H and O–H groups in total. The SMILES string of the molecule is CNC(=O)N1CCC2(CC1)C(=O)c1c(sc(-c3ncco3)c1C)N(CCc1ccccc1OC)C2=O. The zero-order valence-corrected chi connectivity index (χ0v) is 21.3. The standard InChI is InChI=1S/C26H28N4O5S/c1-16-19-21(31)26(9-13-29(14-10-26)25(33)27-2)24(32)30(12-8-17-6-4-5-7-18(17)34-3)23(19)36-20(16)22-28-11-15-35-22/h4-7,11,15H,8-10,12-14H2,1-3H3,(H,27,33). The van der Waals surface area contributed by atoms with Gasteiger partial charge in [-0.15, -0.1) is 11.3 Å². The van der Waals surface area contributed by atoms with Gasteiger partial charge >= 0.3 is 6.03 Å². The summed E-state index contributed by atoms with van der Waals surface area (Å²) in [5.41, 5.74) is 1.11. The first-order valence-corrected chi connectivity index (χ1v) is 12.7. The fourth-order valence-corrected chi connectivity index (χ4v) is 6.49. The molecule has 0 atom stereocenters. The number of aromatic nitrogens is 1. The molecule has 10 heteroatoms. The third kappa shape index (κ3) is 3.76. The molecule has 188 valence electrons. The quantitative estimate of drug-likeness (QED) is 0.524. The Bertz CT molecular complexity index is 1310. The first-order valence-electron chi connectivity index (χ1n) is 11.9. The minimum atomic E-state index is -1.20. The van der Waals surface area contributed by atoms with E-state index >= 15 is 0 Å². The van der Waals surface area contributed by atoms with Gasteiger partial charge in [-0.25, -0.2) is 9.78 Å². The molecule has 0 radical (unpaired) electrons. The molecule has 9 nitrogen and oxygen atoms in total. The molecule has 2 aliphatic heterocycles. The van der Waals surface area contributed by atoms with E-state index in [1.165, 1.54) is 17.6 Å². The van der Waals surface area contributed by atoms with Gasteiger partial charge in [-0.3, -0.25) is 9.59 Å². The predicted octanol–water partition coefficient (Wildman–Crippen LogP) is 3.91. The van der Waals surface area contributed by atoms with Crippen molar-refractivity contribution in [1.29, 1.82) is 0 Å². The van der Waals surface area contributed by atoms with Crippen LogP contribution in [-0.4, -0.2) is 61.4 Å². The van der Waals surface area contributed by atoms with Crippen molar-refractivity contribution in [1.82, 2.24) is 15.2 Å². The van der Waals surface area contributed by atoms with Crippen molar-refractivity contribution in [2.45, 2.75) is 26.2 Å². The van der Waals surface area contributed by atoms with Crippen molar-refractivity contribution in [3.63, 3.8) is 0 Å². The van der Waals surface area contributed by atoms with Gasteiger partial charge in [0.05, 0.1) is 23.7 Å². The zero-order chi connectivity index (χ0) is 25.4. The van der Waals surface area contributed by atoms with E-state index in [1.54, 1.807) is 30.2 Å². The maximum atomic E-state index is 14.1. The highest BCUT2D eigenvalue weighted by atomic mass is 32.1. The van der Waals surface area contributed by atoms with E-state index in [0.29, 0.717) is 42.5 Å². The lowest BCUT2D eigenvalue weighted by Gasteiger charge is -2.44. The summed E-state index contributed by atoms with van der Waals surface area (Å²) in [6.45, 7) is 2.95. The van der Waals surface area contributed by atoms with Gasteiger partial charge in [0.25, 0.3) is 0 Å². The number of amides is 3. The number of ketones is 1. The maximum Gasteiger partial charge on any atom is 0.317 e. The molecule has 2 aliphatic rings. The Morgan fingerprint density at radius 3 is 2.67 bits per heavy atom. The lowest BCUT2D eigenvalue weighted by atomic mass is 9.69. The Kier molecular flexibility index (Phi) is 6.29. The molecule has 3 aromatic rings. The molecular formula is C26H28N4O5S. The fourth-order valence-electron chi connectivity index (χ4n) is 5.22. The number of nitrogens with zero attached hydrogens (tertiary/aromatic N) is 3. The lowest BCUT2D eigenvalue weighted by Crippen LogP contribution is -2.58. The van der Waals surface area contributed by atoms with E-state index in [2.05, 4.69) is 10.3 Å². The van der Waals surface area contributed by atoms with Crippen molar-refractivity contribution in [2.75, 3.05) is 38.7 Å². The van der Waals surface area contributed by atoms with Crippen LogP contribution in [0, 0.1) is 12.3 Å². The number of hydrogen-bond acceptors (Lipinski definition) is 7. The molecular weight excluding hydrogens is 480 g/mol. The van der Waals surface area contributed by atoms with Crippen LogP contribution in [0.2, 0.25) is 0 Å². The number of para-hydroxylation sites is 1. The summed E-state index contributed by atoms with van der Waals surface area (Å²) in [6, 6.07) is 7.53. The van der Waals surface area contributed by atoms with E-state index in [9.17, 15) is 14.4 Å². The van der Waals surface area contributed by atoms with Gasteiger partial charge < -0.3 is 24.3 Å². The first-order chi connectivity index (χ1) is 17.4. The Hall–Kier alpha value is -3.66. The molecule has 4 heterocycles. The van der Waals surface area contributed by atoms with Crippen molar-refractivity contribution in [3.05, 3.63) is 53.4 Å². The fraction of sp³-hybridized carbons (Fsp3) is 0.385. The molecule has 0 bridgehead atoms. The van der Waals surface area contributed by atoms with Gasteiger partial charge in [0, 0.05) is 26.7 Å². The van der Waals surface area contributed by atoms with Crippen LogP contribution < -0.4 is 15.0 Å². The second kappa shape index (κ2) is 9.42. The van der Waals surface area contributed by atoms with Gasteiger partial charge in [-0.1, -0.05) is 18.2 Å². The predicted molar refractivity (Wildman–Crippen MR) is 136 cm³/mol. The van der Waals surface area contributed by atoms with Crippen LogP contribution in [0.1, 0.15) is 34.3 Å². The van der Waals surface area contributed by atoms with E-state index in [1.807, 2.05) is 31.2 Å². The number of piperidine rings is 1. The highest BCUT2D eigenvalue weighted by molar-refractivity contribution is 7.20. The molecule has 3 amide bonds. The van der Waals surface area contributed by atoms with Gasteiger partial charge in [0.15, 0.2) is 5.78 Å². The Balaban J connectivity index is 1.55. The van der Waals surface area contributed by atoms with Crippen LogP contribution >= 0.6 is 11.3 Å². The second-order valence-electron chi connectivity index (χ2n) is 9.05. The summed E-state index contributed by atoms with van der Waals surface area (Å²) in [4.78, 5) is 48.8. The topological polar surface area (TPSA) is 105 Å². The number of carbonyl (C=O) groups is 3. The number of likely N-dealkylation sites (tertiary alicyclic amines) is 1. The molecule has 1 spiro atoms. The van der Waals surface area contributed by atoms with Crippen LogP contribution in [0.5, 0.6) is 5.75 Å². The minimum Gasteiger partial charge on any atom is -0.496 e. The van der Waals surface area contributed by atoms with Gasteiger partial charge in [-0.05, 0) is 43.4 Å². The average Bonchev–Trinajstić information content (AvgIpc) is 3.55. The van der Waals surface area contributed by atoms with E-state index in [-0.39, 0.29) is 30.6 Å². The number of ether oxygens (including phenoxy) is 1. The molecule has 36 heavy (non-hydrogen) atoms. The number of urea groups is 1. The van der Waals surface area contributed by atoms with Crippen molar-refractivity contribution in [2.24, 2.45) is 5.41 Å². The van der Waals surface area contributed by atoms with Gasteiger partial charge in [0.2, 0.25) is 11.8 Å². The number of rotatable bonds is 5. The summed E-state index contributed by atoms with van der Waals surface area (Å²) in [5.74, 6) is 0.820. The van der Waals surface area contributed by atoms with Crippen LogP contribution in [0.15, 0.2) is 41.1 Å². The monoisotopic (exact) mass is 508 g/mol. The van der Waals surface area contributed by atoms with Crippen LogP contribution in [0.25, 0.3) is 10.8 Å². The molecule has 0 aliphatic carbocycles. The number of carbonyl (C=O) groups excluding carboxylic acids is 3. The largest absolute Gasteiger partial charge is 0.496 e. The Labute approximate surface area is 213 Å². The summed E-state index contributed by atoms with van der Waals surface area (Å²) in [5, 5.41) is 3.26. The Morgan fingerprint density at radius 2 is 2.00 bits per heavy atom. The van der Waals surface area contributed by atoms with Gasteiger partial charge in [-0.2, -0.15) is 0 Å². The number of thiophene rings is 1. The number of Topliss-reactive ketones (excluding diaryl/α,β-unsaturated/α-hetero) is 1. The number of benzene rings is 1. The average molecular weight is 509 g/mol. The highest BCUT2D eigenvalue weighted by Gasteiger charge is 2.55. The summed E-state index contributed by atoms with van der Waals surface area (Å²) in [6.07, 6.45) is 4.19. The summed E-state index contributed by atoms with van der Waals surface area (Å²) < 4.78 is 11.0. The smallest absolute Gasteiger partial charge is 0.317 e. The lowest BCUT2D eigenvalue weighted by molar-refractivity contribution is -0.128. The molecule has 1 fully saturated rings. The molecule has 2 aromatic heterocycles. The normalized spacial score (nSPS) is 16.9. The molecule has 5 rings (SSSR count). The molecule has 0 unspecified atom stereocenters. The number of methoxy groups -OCH3 is 1. The Morgan fingerprint density at radius 1 is 1.25 bits per heavy atom. The van der Waals surface area contributed by atoms with E-state index < -0.39 is 5.41 Å². The number of oxazole rings is 1. The third-order valence-electron chi connectivity index (χ3n) is 7.23. The maximum absolute atomic E-state index is 14.1. The third-order valence-corrected chi connectivity index (χ3v) is 8.53. The van der Waals surface area contributed by atoms with Crippen molar-refractivity contribution >= 4 is 34.1 Å². The number of fused-ring (bicyclic) bond motifs is 1. The number of nitrogens with one attached hydrogen (secondary N) is 1. The van der Waals surface area contributed by atoms with E-state index in [4.69, 9.17) is 9.15 Å². The summed E-state index contributed by atoms with van der Waals surface area (Å²) >= 11 is 1.36. The molecule has 0 saturated carbocycles. The number of hydrogen-bond donors (Lipinski definition) is 1. The minimum absolute atomic E-state index is 0.167. The van der Waals surface area contributed by atoms with Crippen molar-refractivity contribution in [3.8, 4) is 16.5 Å². The van der Waals surface area contributed by atoms with Crippen LogP contribution in [0.3, 0.4) is 0 Å².